The van der Waals surface area contributed by atoms with Gasteiger partial charge in [-0.2, -0.15) is 0 Å². The summed E-state index contributed by atoms with van der Waals surface area (Å²) in [5.41, 5.74) is 1.60. The third-order valence-corrected chi connectivity index (χ3v) is 4.66. The fraction of sp³-hybridized carbons (Fsp3) is 0.0556. The summed E-state index contributed by atoms with van der Waals surface area (Å²) in [6.07, 6.45) is 5.30. The molecule has 0 aliphatic heterocycles. The smallest absolute Gasteiger partial charge is 0.134 e. The summed E-state index contributed by atoms with van der Waals surface area (Å²) in [4.78, 5) is 4.14. The highest BCUT2D eigenvalue weighted by atomic mass is 35.5. The quantitative estimate of drug-likeness (QED) is 0.424. The lowest BCUT2D eigenvalue weighted by molar-refractivity contribution is 0.488. The molecule has 3 nitrogen and oxygen atoms in total. The van der Waals surface area contributed by atoms with Crippen molar-refractivity contribution in [3.05, 3.63) is 87.6 Å². The van der Waals surface area contributed by atoms with Gasteiger partial charge in [-0.05, 0) is 42.5 Å². The molecule has 0 fully saturated rings. The lowest BCUT2D eigenvalue weighted by atomic mass is 10.0. The molecular formula is C18H11Cl3N2O. The zero-order chi connectivity index (χ0) is 16.7. The molecule has 1 unspecified atom stereocenters. The molecule has 0 bridgehead atoms. The molecule has 0 aliphatic carbocycles. The maximum atomic E-state index is 6.43. The van der Waals surface area contributed by atoms with Crippen LogP contribution in [0.15, 0.2) is 65.6 Å². The van der Waals surface area contributed by atoms with E-state index in [2.05, 4.69) is 4.98 Å². The Morgan fingerprint density at radius 2 is 1.75 bits per heavy atom. The summed E-state index contributed by atoms with van der Waals surface area (Å²) < 4.78 is 7.98. The molecule has 0 spiro atoms. The van der Waals surface area contributed by atoms with E-state index >= 15 is 0 Å². The van der Waals surface area contributed by atoms with E-state index in [4.69, 9.17) is 39.2 Å². The average molecular weight is 378 g/mol. The van der Waals surface area contributed by atoms with Crippen molar-refractivity contribution in [1.29, 1.82) is 0 Å². The van der Waals surface area contributed by atoms with Crippen LogP contribution in [0, 0.1) is 0 Å². The first-order valence-electron chi connectivity index (χ1n) is 7.23. The molecule has 6 heteroatoms. The van der Waals surface area contributed by atoms with Crippen LogP contribution in [0.25, 0.3) is 11.0 Å². The van der Waals surface area contributed by atoms with Gasteiger partial charge in [-0.15, -0.1) is 0 Å². The zero-order valence-corrected chi connectivity index (χ0v) is 14.6. The van der Waals surface area contributed by atoms with Crippen molar-refractivity contribution >= 4 is 45.8 Å². The Morgan fingerprint density at radius 3 is 2.54 bits per heavy atom. The monoisotopic (exact) mass is 376 g/mol. The second-order valence-corrected chi connectivity index (χ2v) is 6.69. The Morgan fingerprint density at radius 1 is 0.958 bits per heavy atom. The molecule has 2 aromatic heterocycles. The number of imidazole rings is 1. The number of aromatic nitrogens is 2. The Balaban J connectivity index is 1.93. The minimum atomic E-state index is -0.273. The molecule has 0 N–H and O–H groups in total. The minimum Gasteiger partial charge on any atom is -0.458 e. The first-order valence-corrected chi connectivity index (χ1v) is 8.36. The molecule has 2 heterocycles. The third kappa shape index (κ3) is 2.80. The number of halogens is 3. The Labute approximate surface area is 153 Å². The van der Waals surface area contributed by atoms with E-state index in [1.807, 2.05) is 35.0 Å². The highest BCUT2D eigenvalue weighted by Crippen LogP contribution is 2.36. The standard InChI is InChI=1S/C18H11Cl3N2O/c19-12-2-4-16-11(7-12)8-17(24-16)18(23-6-5-22-10-23)14-9-13(20)1-3-15(14)21/h1-10,18H. The van der Waals surface area contributed by atoms with Gasteiger partial charge in [0, 0.05) is 38.4 Å². The summed E-state index contributed by atoms with van der Waals surface area (Å²) in [7, 11) is 0. The van der Waals surface area contributed by atoms with E-state index in [1.165, 1.54) is 0 Å². The van der Waals surface area contributed by atoms with E-state index in [1.54, 1.807) is 30.7 Å². The largest absolute Gasteiger partial charge is 0.458 e. The van der Waals surface area contributed by atoms with Crippen LogP contribution in [0.2, 0.25) is 15.1 Å². The van der Waals surface area contributed by atoms with Crippen LogP contribution in [-0.4, -0.2) is 9.55 Å². The summed E-state index contributed by atoms with van der Waals surface area (Å²) >= 11 is 18.7. The Bertz CT molecular complexity index is 1010. The maximum absolute atomic E-state index is 6.43. The van der Waals surface area contributed by atoms with Crippen molar-refractivity contribution in [2.24, 2.45) is 0 Å². The van der Waals surface area contributed by atoms with Crippen molar-refractivity contribution in [2.75, 3.05) is 0 Å². The van der Waals surface area contributed by atoms with Gasteiger partial charge in [-0.1, -0.05) is 34.8 Å². The molecule has 0 saturated carbocycles. The second kappa shape index (κ2) is 6.17. The molecule has 120 valence electrons. The lowest BCUT2D eigenvalue weighted by Crippen LogP contribution is -2.10. The van der Waals surface area contributed by atoms with Gasteiger partial charge in [-0.3, -0.25) is 0 Å². The van der Waals surface area contributed by atoms with Gasteiger partial charge in [0.15, 0.2) is 0 Å². The summed E-state index contributed by atoms with van der Waals surface area (Å²) in [6.45, 7) is 0. The number of nitrogens with zero attached hydrogens (tertiary/aromatic N) is 2. The van der Waals surface area contributed by atoms with Gasteiger partial charge < -0.3 is 8.98 Å². The second-order valence-electron chi connectivity index (χ2n) is 5.41. The first-order chi connectivity index (χ1) is 11.6. The van der Waals surface area contributed by atoms with Crippen LogP contribution in [0.4, 0.5) is 0 Å². The molecule has 1 atom stereocenters. The molecule has 24 heavy (non-hydrogen) atoms. The number of rotatable bonds is 3. The van der Waals surface area contributed by atoms with Gasteiger partial charge in [0.25, 0.3) is 0 Å². The van der Waals surface area contributed by atoms with E-state index < -0.39 is 0 Å². The molecule has 0 radical (unpaired) electrons. The fourth-order valence-electron chi connectivity index (χ4n) is 2.78. The van der Waals surface area contributed by atoms with E-state index in [9.17, 15) is 0 Å². The minimum absolute atomic E-state index is 0.273. The van der Waals surface area contributed by atoms with Crippen LogP contribution in [-0.2, 0) is 0 Å². The number of furan rings is 1. The number of benzene rings is 2. The number of fused-ring (bicyclic) bond motifs is 1. The average Bonchev–Trinajstić information content (AvgIpc) is 3.20. The summed E-state index contributed by atoms with van der Waals surface area (Å²) in [6, 6.07) is 12.6. The van der Waals surface area contributed by atoms with Crippen molar-refractivity contribution in [3.8, 4) is 0 Å². The van der Waals surface area contributed by atoms with Crippen LogP contribution >= 0.6 is 34.8 Å². The van der Waals surface area contributed by atoms with Gasteiger partial charge in [0.05, 0.1) is 6.33 Å². The molecule has 4 rings (SSSR count). The highest BCUT2D eigenvalue weighted by molar-refractivity contribution is 6.33. The molecule has 4 aromatic rings. The topological polar surface area (TPSA) is 31.0 Å². The van der Waals surface area contributed by atoms with E-state index in [-0.39, 0.29) is 6.04 Å². The van der Waals surface area contributed by atoms with E-state index in [0.29, 0.717) is 15.1 Å². The van der Waals surface area contributed by atoms with E-state index in [0.717, 1.165) is 22.3 Å². The van der Waals surface area contributed by atoms with Crippen LogP contribution in [0.1, 0.15) is 17.4 Å². The maximum Gasteiger partial charge on any atom is 0.134 e. The third-order valence-electron chi connectivity index (χ3n) is 3.84. The fourth-order valence-corrected chi connectivity index (χ4v) is 3.36. The van der Waals surface area contributed by atoms with Crippen molar-refractivity contribution in [3.63, 3.8) is 0 Å². The SMILES string of the molecule is Clc1ccc(Cl)c(C(c2cc3cc(Cl)ccc3o2)n2ccnc2)c1. The van der Waals surface area contributed by atoms with Gasteiger partial charge in [0.2, 0.25) is 0 Å². The van der Waals surface area contributed by atoms with Crippen molar-refractivity contribution in [1.82, 2.24) is 9.55 Å². The first kappa shape index (κ1) is 15.6. The van der Waals surface area contributed by atoms with Gasteiger partial charge in [-0.25, -0.2) is 4.98 Å². The summed E-state index contributed by atoms with van der Waals surface area (Å²) in [5, 5.41) is 2.81. The summed E-state index contributed by atoms with van der Waals surface area (Å²) in [5.74, 6) is 0.731. The predicted octanol–water partition coefficient (Wildman–Crippen LogP) is 6.23. The number of hydrogen-bond donors (Lipinski definition) is 0. The molecule has 0 aliphatic rings. The number of hydrogen-bond acceptors (Lipinski definition) is 2. The van der Waals surface area contributed by atoms with Gasteiger partial charge in [0.1, 0.15) is 17.4 Å². The van der Waals surface area contributed by atoms with Crippen molar-refractivity contribution < 1.29 is 4.42 Å². The molecule has 0 amide bonds. The Kier molecular flexibility index (Phi) is 4.01. The van der Waals surface area contributed by atoms with Crippen molar-refractivity contribution in [2.45, 2.75) is 6.04 Å². The Hall–Kier alpha value is -1.94. The van der Waals surface area contributed by atoms with Crippen LogP contribution in [0.5, 0.6) is 0 Å². The van der Waals surface area contributed by atoms with Crippen LogP contribution in [0.3, 0.4) is 0 Å². The molecular weight excluding hydrogens is 367 g/mol. The molecule has 2 aromatic carbocycles. The lowest BCUT2D eigenvalue weighted by Gasteiger charge is -2.18. The normalized spacial score (nSPS) is 12.6. The highest BCUT2D eigenvalue weighted by Gasteiger charge is 2.23. The predicted molar refractivity (Wildman–Crippen MR) is 97.2 cm³/mol. The van der Waals surface area contributed by atoms with Gasteiger partial charge >= 0.3 is 0 Å². The molecule has 0 saturated heterocycles. The zero-order valence-electron chi connectivity index (χ0n) is 12.3. The van der Waals surface area contributed by atoms with Crippen LogP contribution < -0.4 is 0 Å².